The number of hydrogen-bond acceptors (Lipinski definition) is 5. The van der Waals surface area contributed by atoms with E-state index in [0.717, 1.165) is 32.5 Å². The monoisotopic (exact) mass is 247 g/mol. The maximum absolute atomic E-state index is 8.51. The molecule has 0 aliphatic heterocycles. The highest BCUT2D eigenvalue weighted by Crippen LogP contribution is 1.92. The lowest BCUT2D eigenvalue weighted by Gasteiger charge is -2.20. The molecule has 0 amide bonds. The van der Waals surface area contributed by atoms with Gasteiger partial charge in [0, 0.05) is 26.9 Å². The van der Waals surface area contributed by atoms with E-state index < -0.39 is 0 Å². The summed E-state index contributed by atoms with van der Waals surface area (Å²) in [5, 5.41) is 11.5. The molecule has 0 aromatic heterocycles. The molecule has 6 heteroatoms. The number of oxime groups is 1. The molecule has 0 aliphatic carbocycles. The van der Waals surface area contributed by atoms with Gasteiger partial charge in [-0.1, -0.05) is 12.1 Å². The average molecular weight is 247 g/mol. The van der Waals surface area contributed by atoms with Crippen LogP contribution in [-0.4, -0.2) is 62.5 Å². The van der Waals surface area contributed by atoms with E-state index in [-0.39, 0.29) is 5.84 Å². The van der Waals surface area contributed by atoms with E-state index in [4.69, 9.17) is 20.4 Å². The minimum absolute atomic E-state index is 0.234. The van der Waals surface area contributed by atoms with Crippen molar-refractivity contribution in [1.82, 2.24) is 4.90 Å². The molecule has 0 fully saturated rings. The predicted octanol–water partition coefficient (Wildman–Crippen LogP) is 0.498. The topological polar surface area (TPSA) is 80.3 Å². The van der Waals surface area contributed by atoms with Crippen molar-refractivity contribution in [2.45, 2.75) is 19.8 Å². The normalized spacial score (nSPS) is 12.3. The highest BCUT2D eigenvalue weighted by atomic mass is 16.5. The molecule has 0 aliphatic rings. The summed E-state index contributed by atoms with van der Waals surface area (Å²) in [6.45, 7) is 6.36. The maximum atomic E-state index is 8.51. The van der Waals surface area contributed by atoms with E-state index in [1.165, 1.54) is 0 Å². The SMILES string of the molecule is CCCN(CCOCCCOC)CC(N)=NO. The summed E-state index contributed by atoms with van der Waals surface area (Å²) >= 11 is 0. The maximum Gasteiger partial charge on any atom is 0.153 e. The molecule has 102 valence electrons. The van der Waals surface area contributed by atoms with Crippen molar-refractivity contribution in [3.05, 3.63) is 0 Å². The summed E-state index contributed by atoms with van der Waals surface area (Å²) < 4.78 is 10.4. The zero-order chi connectivity index (χ0) is 12.9. The molecule has 0 aromatic rings. The van der Waals surface area contributed by atoms with Crippen molar-refractivity contribution in [3.8, 4) is 0 Å². The summed E-state index contributed by atoms with van der Waals surface area (Å²) in [7, 11) is 1.68. The van der Waals surface area contributed by atoms with Gasteiger partial charge < -0.3 is 20.4 Å². The molecule has 0 unspecified atom stereocenters. The van der Waals surface area contributed by atoms with E-state index in [1.54, 1.807) is 7.11 Å². The third kappa shape index (κ3) is 10.0. The summed E-state index contributed by atoms with van der Waals surface area (Å²) in [6, 6.07) is 0. The average Bonchev–Trinajstić information content (AvgIpc) is 2.33. The summed E-state index contributed by atoms with van der Waals surface area (Å²) in [4.78, 5) is 2.10. The van der Waals surface area contributed by atoms with Crippen molar-refractivity contribution in [2.24, 2.45) is 10.9 Å². The lowest BCUT2D eigenvalue weighted by Crippen LogP contribution is -2.36. The van der Waals surface area contributed by atoms with Gasteiger partial charge in [0.25, 0.3) is 0 Å². The molecule has 0 saturated carbocycles. The molecule has 3 N–H and O–H groups in total. The molecular formula is C11H25N3O3. The lowest BCUT2D eigenvalue weighted by molar-refractivity contribution is 0.0866. The van der Waals surface area contributed by atoms with Gasteiger partial charge in [0.1, 0.15) is 0 Å². The molecule has 0 rings (SSSR count). The minimum atomic E-state index is 0.234. The molecule has 0 aromatic carbocycles. The first-order valence-corrected chi connectivity index (χ1v) is 6.00. The van der Waals surface area contributed by atoms with E-state index in [9.17, 15) is 0 Å². The van der Waals surface area contributed by atoms with Gasteiger partial charge in [0.2, 0.25) is 0 Å². The molecule has 0 atom stereocenters. The Bertz CT molecular complexity index is 200. The van der Waals surface area contributed by atoms with E-state index in [0.29, 0.717) is 19.8 Å². The summed E-state index contributed by atoms with van der Waals surface area (Å²) in [5.74, 6) is 0.234. The fourth-order valence-electron chi connectivity index (χ4n) is 1.45. The van der Waals surface area contributed by atoms with Crippen LogP contribution in [0, 0.1) is 0 Å². The fourth-order valence-corrected chi connectivity index (χ4v) is 1.45. The Balaban J connectivity index is 3.62. The molecule has 0 radical (unpaired) electrons. The molecule has 0 saturated heterocycles. The second-order valence-corrected chi connectivity index (χ2v) is 3.83. The molecule has 0 bridgehead atoms. The lowest BCUT2D eigenvalue weighted by atomic mass is 10.4. The van der Waals surface area contributed by atoms with Gasteiger partial charge in [0.15, 0.2) is 5.84 Å². The van der Waals surface area contributed by atoms with Crippen molar-refractivity contribution < 1.29 is 14.7 Å². The van der Waals surface area contributed by atoms with E-state index in [2.05, 4.69) is 17.0 Å². The largest absolute Gasteiger partial charge is 0.409 e. The Morgan fingerprint density at radius 1 is 1.29 bits per heavy atom. The smallest absolute Gasteiger partial charge is 0.153 e. The van der Waals surface area contributed by atoms with Gasteiger partial charge >= 0.3 is 0 Å². The zero-order valence-corrected chi connectivity index (χ0v) is 10.9. The number of amidine groups is 1. The fraction of sp³-hybridized carbons (Fsp3) is 0.909. The summed E-state index contributed by atoms with van der Waals surface area (Å²) in [6.07, 6.45) is 1.94. The van der Waals surface area contributed by atoms with Crippen LogP contribution in [0.25, 0.3) is 0 Å². The van der Waals surface area contributed by atoms with Crippen LogP contribution >= 0.6 is 0 Å². The van der Waals surface area contributed by atoms with Crippen molar-refractivity contribution in [2.75, 3.05) is 46.6 Å². The highest BCUT2D eigenvalue weighted by molar-refractivity contribution is 5.81. The number of methoxy groups -OCH3 is 1. The van der Waals surface area contributed by atoms with Crippen LogP contribution < -0.4 is 5.73 Å². The standard InChI is InChI=1S/C11H25N3O3/c1-3-5-14(10-11(12)13-15)6-9-17-8-4-7-16-2/h15H,3-10H2,1-2H3,(H2,12,13). The van der Waals surface area contributed by atoms with Crippen LogP contribution in [0.5, 0.6) is 0 Å². The minimum Gasteiger partial charge on any atom is -0.409 e. The number of ether oxygens (including phenoxy) is 2. The zero-order valence-electron chi connectivity index (χ0n) is 10.9. The first-order chi connectivity index (χ1) is 8.24. The Morgan fingerprint density at radius 3 is 2.65 bits per heavy atom. The second-order valence-electron chi connectivity index (χ2n) is 3.83. The Morgan fingerprint density at radius 2 is 2.06 bits per heavy atom. The number of nitrogens with two attached hydrogens (primary N) is 1. The van der Waals surface area contributed by atoms with Crippen LogP contribution in [0.15, 0.2) is 5.16 Å². The van der Waals surface area contributed by atoms with Crippen molar-refractivity contribution in [3.63, 3.8) is 0 Å². The molecule has 0 heterocycles. The van der Waals surface area contributed by atoms with Gasteiger partial charge in [-0.25, -0.2) is 0 Å². The second kappa shape index (κ2) is 11.6. The van der Waals surface area contributed by atoms with E-state index >= 15 is 0 Å². The highest BCUT2D eigenvalue weighted by Gasteiger charge is 2.06. The Hall–Kier alpha value is -0.850. The van der Waals surface area contributed by atoms with Gasteiger partial charge in [0.05, 0.1) is 13.2 Å². The van der Waals surface area contributed by atoms with Gasteiger partial charge in [-0.3, -0.25) is 4.90 Å². The molecular weight excluding hydrogens is 222 g/mol. The molecule has 17 heavy (non-hydrogen) atoms. The third-order valence-corrected chi connectivity index (χ3v) is 2.24. The molecule has 0 spiro atoms. The first-order valence-electron chi connectivity index (χ1n) is 6.00. The van der Waals surface area contributed by atoms with Gasteiger partial charge in [-0.2, -0.15) is 0 Å². The van der Waals surface area contributed by atoms with Gasteiger partial charge in [-0.05, 0) is 19.4 Å². The number of nitrogens with zero attached hydrogens (tertiary/aromatic N) is 2. The van der Waals surface area contributed by atoms with Crippen LogP contribution in [0.4, 0.5) is 0 Å². The molecule has 6 nitrogen and oxygen atoms in total. The van der Waals surface area contributed by atoms with Crippen LogP contribution in [0.2, 0.25) is 0 Å². The number of hydrogen-bond donors (Lipinski definition) is 2. The third-order valence-electron chi connectivity index (χ3n) is 2.24. The van der Waals surface area contributed by atoms with Crippen LogP contribution in [-0.2, 0) is 9.47 Å². The quantitative estimate of drug-likeness (QED) is 0.183. The number of rotatable bonds is 11. The van der Waals surface area contributed by atoms with Crippen molar-refractivity contribution in [1.29, 1.82) is 0 Å². The Labute approximate surface area is 103 Å². The summed E-state index contributed by atoms with van der Waals surface area (Å²) in [5.41, 5.74) is 5.48. The first kappa shape index (κ1) is 16.1. The van der Waals surface area contributed by atoms with E-state index in [1.807, 2.05) is 0 Å². The Kier molecular flexibility index (Phi) is 11.0. The van der Waals surface area contributed by atoms with Gasteiger partial charge in [-0.15, -0.1) is 0 Å². The predicted molar refractivity (Wildman–Crippen MR) is 67.5 cm³/mol. The van der Waals surface area contributed by atoms with Crippen LogP contribution in [0.3, 0.4) is 0 Å². The van der Waals surface area contributed by atoms with Crippen LogP contribution in [0.1, 0.15) is 19.8 Å². The van der Waals surface area contributed by atoms with Crippen molar-refractivity contribution >= 4 is 5.84 Å².